The third-order valence-electron chi connectivity index (χ3n) is 13.5. The molecule has 10 rings (SSSR count). The van der Waals surface area contributed by atoms with Crippen LogP contribution in [0.25, 0.3) is 11.2 Å². The van der Waals surface area contributed by atoms with Crippen molar-refractivity contribution in [2.24, 2.45) is 5.92 Å². The zero-order chi connectivity index (χ0) is 50.6. The first kappa shape index (κ1) is 50.4. The van der Waals surface area contributed by atoms with Gasteiger partial charge in [0.2, 0.25) is 17.5 Å². The van der Waals surface area contributed by atoms with Crippen LogP contribution in [0.1, 0.15) is 75.3 Å². The Morgan fingerprint density at radius 2 is 1.40 bits per heavy atom. The Bertz CT molecular complexity index is 2990. The molecule has 1 N–H and O–H groups in total. The van der Waals surface area contributed by atoms with Gasteiger partial charge in [-0.05, 0) is 89.9 Å². The third kappa shape index (κ3) is 10.6. The van der Waals surface area contributed by atoms with Crippen molar-refractivity contribution in [1.82, 2.24) is 19.5 Å². The van der Waals surface area contributed by atoms with Crippen molar-refractivity contribution < 1.29 is 42.3 Å². The first-order valence-electron chi connectivity index (χ1n) is 24.4. The Balaban J connectivity index is 1.04. The van der Waals surface area contributed by atoms with Crippen LogP contribution >= 0.6 is 17.1 Å². The van der Waals surface area contributed by atoms with E-state index in [1.807, 2.05) is 115 Å². The van der Waals surface area contributed by atoms with E-state index in [1.54, 1.807) is 74.6 Å². The summed E-state index contributed by atoms with van der Waals surface area (Å²) in [6.07, 6.45) is 4.51. The predicted molar refractivity (Wildman–Crippen MR) is 285 cm³/mol. The highest BCUT2D eigenvalue weighted by Gasteiger charge is 2.51. The van der Waals surface area contributed by atoms with E-state index < -0.39 is 41.7 Å². The van der Waals surface area contributed by atoms with Gasteiger partial charge in [-0.1, -0.05) is 135 Å². The molecule has 378 valence electrons. The van der Waals surface area contributed by atoms with E-state index in [0.717, 1.165) is 42.4 Å². The molecule has 0 bridgehead atoms. The Morgan fingerprint density at radius 3 is 1.97 bits per heavy atom. The Kier molecular flexibility index (Phi) is 15.0. The molecule has 1 saturated carbocycles. The number of nitrogens with zero attached hydrogens (tertiary/aromatic N) is 5. The molecule has 4 heterocycles. The number of imidazole rings is 1. The van der Waals surface area contributed by atoms with Crippen LogP contribution in [-0.4, -0.2) is 75.9 Å². The molecule has 3 fully saturated rings. The number of carbonyl (C=O) groups excluding carboxylic acids is 2. The summed E-state index contributed by atoms with van der Waals surface area (Å²) in [7, 11) is 3.28. The molecule has 5 aromatic carbocycles. The number of nitrogens with one attached hydrogen (secondary N) is 1. The number of hydrogen-bond acceptors (Lipinski definition) is 14. The highest BCUT2D eigenvalue weighted by molar-refractivity contribution is 8.68. The van der Waals surface area contributed by atoms with Crippen LogP contribution in [0.15, 0.2) is 146 Å². The number of amides is 2. The summed E-state index contributed by atoms with van der Waals surface area (Å²) >= 11 is 8.06. The molecular weight excluding hydrogens is 984 g/mol. The standard InChI is InChI=1S/C55H57N6O9PS2/c1-37(2)50(62)58-52-57-49-48(51(59-52)69-53(63)61(41-19-11-6-12-20-41)42-21-13-7-14-22-42)56-36-60(49)47-33-45(70-71(72)67-35-54(73-71)31-15-8-16-32-54)46(68-47)34-66-55(38-17-9-5-10-18-38,39-23-27-43(64-3)28-24-39)40-25-29-44(65-4)30-26-40/h5-7,9-14,17-30,36-37,45-47H,8,15-16,31-35H2,1-4H3,(H,57,58,59,62)/t45-,46+,47+,71-/m0/s1. The smallest absolute Gasteiger partial charge is 0.425 e. The molecule has 7 aromatic rings. The first-order chi connectivity index (χ1) is 35.5. The number of hydrogen-bond donors (Lipinski definition) is 1. The SMILES string of the molecule is COc1ccc(C(OC[C@H]2O[C@@H](n3cnc4c(OC(=O)N(c5ccccc5)c5ccccc5)nc(NC(=O)C(C)C)nc43)C[C@@H]2O[P@]2(=S)OCC3(CCCCC3)S2)(c2ccccc2)c2ccc(OC)cc2)cc1. The molecule has 73 heavy (non-hydrogen) atoms. The van der Waals surface area contributed by atoms with Crippen LogP contribution < -0.4 is 24.4 Å². The van der Waals surface area contributed by atoms with Crippen LogP contribution in [0.3, 0.4) is 0 Å². The normalized spacial score (nSPS) is 20.5. The maximum Gasteiger partial charge on any atom is 0.425 e. The van der Waals surface area contributed by atoms with Crippen molar-refractivity contribution in [3.05, 3.63) is 163 Å². The van der Waals surface area contributed by atoms with E-state index in [4.69, 9.17) is 54.5 Å². The maximum atomic E-state index is 14.4. The predicted octanol–water partition coefficient (Wildman–Crippen LogP) is 12.1. The second kappa shape index (κ2) is 21.7. The monoisotopic (exact) mass is 1040 g/mol. The number of rotatable bonds is 16. The molecule has 2 saturated heterocycles. The highest BCUT2D eigenvalue weighted by atomic mass is 32.9. The highest BCUT2D eigenvalue weighted by Crippen LogP contribution is 2.74. The molecule has 3 aliphatic rings. The van der Waals surface area contributed by atoms with E-state index in [-0.39, 0.29) is 40.3 Å². The summed E-state index contributed by atoms with van der Waals surface area (Å²) in [4.78, 5) is 43.2. The van der Waals surface area contributed by atoms with Gasteiger partial charge in [0.1, 0.15) is 29.4 Å². The lowest BCUT2D eigenvalue weighted by molar-refractivity contribution is -0.118. The van der Waals surface area contributed by atoms with Crippen LogP contribution in [0, 0.1) is 5.92 Å². The van der Waals surface area contributed by atoms with Gasteiger partial charge in [0.05, 0.1) is 51.2 Å². The van der Waals surface area contributed by atoms with Gasteiger partial charge >= 0.3 is 6.09 Å². The van der Waals surface area contributed by atoms with E-state index in [0.29, 0.717) is 35.9 Å². The largest absolute Gasteiger partial charge is 0.497 e. The number of benzene rings is 5. The second-order valence-electron chi connectivity index (χ2n) is 18.6. The number of aromatic nitrogens is 4. The Hall–Kier alpha value is -6.17. The zero-order valence-corrected chi connectivity index (χ0v) is 43.5. The molecule has 18 heteroatoms. The van der Waals surface area contributed by atoms with Crippen molar-refractivity contribution in [2.45, 2.75) is 81.2 Å². The average Bonchev–Trinajstić information content (AvgIpc) is 4.12. The van der Waals surface area contributed by atoms with E-state index in [1.165, 1.54) is 11.3 Å². The van der Waals surface area contributed by atoms with Gasteiger partial charge in [0, 0.05) is 17.1 Å². The van der Waals surface area contributed by atoms with Gasteiger partial charge < -0.3 is 32.7 Å². The summed E-state index contributed by atoms with van der Waals surface area (Å²) in [5.74, 6) is 0.419. The lowest BCUT2D eigenvalue weighted by atomic mass is 9.80. The lowest BCUT2D eigenvalue weighted by Gasteiger charge is -2.37. The van der Waals surface area contributed by atoms with Crippen molar-refractivity contribution >= 4 is 69.4 Å². The van der Waals surface area contributed by atoms with Crippen LogP contribution in [0.2, 0.25) is 0 Å². The summed E-state index contributed by atoms with van der Waals surface area (Å²) in [5.41, 5.74) is 0.0848. The number of ether oxygens (including phenoxy) is 5. The lowest BCUT2D eigenvalue weighted by Crippen LogP contribution is -2.38. The fraction of sp³-hybridized carbons (Fsp3) is 0.327. The molecule has 0 unspecified atom stereocenters. The second-order valence-corrected chi connectivity index (χ2v) is 25.1. The quantitative estimate of drug-likeness (QED) is 0.0720. The number of fused-ring (bicyclic) bond motifs is 1. The molecule has 1 aliphatic carbocycles. The number of anilines is 3. The topological polar surface area (TPSA) is 158 Å². The van der Waals surface area contributed by atoms with Crippen LogP contribution in [0.4, 0.5) is 22.1 Å². The molecule has 1 spiro atoms. The van der Waals surface area contributed by atoms with Gasteiger partial charge in [-0.3, -0.25) is 14.7 Å². The Labute approximate surface area is 433 Å². The van der Waals surface area contributed by atoms with Gasteiger partial charge in [0.15, 0.2) is 11.2 Å². The molecule has 4 atom stereocenters. The summed E-state index contributed by atoms with van der Waals surface area (Å²) in [6, 6.07) is 44.1. The summed E-state index contributed by atoms with van der Waals surface area (Å²) in [5, 5.41) is 2.81. The minimum absolute atomic E-state index is 0.0360. The minimum Gasteiger partial charge on any atom is -0.497 e. The van der Waals surface area contributed by atoms with Crippen LogP contribution in [0.5, 0.6) is 17.4 Å². The molecule has 0 radical (unpaired) electrons. The summed E-state index contributed by atoms with van der Waals surface area (Å²) < 4.78 is 47.2. The van der Waals surface area contributed by atoms with Crippen molar-refractivity contribution in [2.75, 3.05) is 37.7 Å². The maximum absolute atomic E-state index is 14.4. The molecule has 15 nitrogen and oxygen atoms in total. The number of carbonyl (C=O) groups is 2. The van der Waals surface area contributed by atoms with Gasteiger partial charge in [-0.2, -0.15) is 9.97 Å². The fourth-order valence-electron chi connectivity index (χ4n) is 9.67. The molecule has 2 aromatic heterocycles. The molecule has 2 amide bonds. The van der Waals surface area contributed by atoms with E-state index in [9.17, 15) is 9.59 Å². The van der Waals surface area contributed by atoms with Gasteiger partial charge in [-0.15, -0.1) is 0 Å². The number of methoxy groups -OCH3 is 2. The van der Waals surface area contributed by atoms with Crippen molar-refractivity contribution in [3.63, 3.8) is 0 Å². The van der Waals surface area contributed by atoms with Gasteiger partial charge in [0.25, 0.3) is 5.88 Å². The Morgan fingerprint density at radius 1 is 0.822 bits per heavy atom. The summed E-state index contributed by atoms with van der Waals surface area (Å²) in [6.45, 7) is 4.10. The van der Waals surface area contributed by atoms with E-state index in [2.05, 4.69) is 10.3 Å². The molecule has 2 aliphatic heterocycles. The first-order valence-corrected chi connectivity index (χ1v) is 28.5. The average molecular weight is 1040 g/mol. The minimum atomic E-state index is -2.89. The van der Waals surface area contributed by atoms with Crippen LogP contribution in [-0.2, 0) is 40.7 Å². The zero-order valence-electron chi connectivity index (χ0n) is 41.0. The van der Waals surface area contributed by atoms with Crippen molar-refractivity contribution in [3.8, 4) is 17.4 Å². The third-order valence-corrected chi connectivity index (χ3v) is 19.3. The molecular formula is C55H57N6O9PS2. The van der Waals surface area contributed by atoms with E-state index >= 15 is 0 Å². The number of para-hydroxylation sites is 2. The van der Waals surface area contributed by atoms with Crippen molar-refractivity contribution in [1.29, 1.82) is 0 Å². The van der Waals surface area contributed by atoms with Gasteiger partial charge in [-0.25, -0.2) is 14.7 Å². The fourth-order valence-corrected chi connectivity index (χ4v) is 16.8.